The minimum absolute atomic E-state index is 0.263. The number of ether oxygens (including phenoxy) is 1. The van der Waals surface area contributed by atoms with E-state index in [9.17, 15) is 5.11 Å². The average molecular weight is 232 g/mol. The van der Waals surface area contributed by atoms with E-state index in [1.165, 1.54) is 11.1 Å². The van der Waals surface area contributed by atoms with E-state index < -0.39 is 5.60 Å². The highest BCUT2D eigenvalue weighted by Crippen LogP contribution is 2.44. The molecule has 2 heteroatoms. The van der Waals surface area contributed by atoms with Gasteiger partial charge in [0.25, 0.3) is 0 Å². The van der Waals surface area contributed by atoms with Gasteiger partial charge in [-0.25, -0.2) is 0 Å². The van der Waals surface area contributed by atoms with E-state index >= 15 is 0 Å². The van der Waals surface area contributed by atoms with E-state index in [4.69, 9.17) is 4.74 Å². The fourth-order valence-corrected chi connectivity index (χ4v) is 3.37. The zero-order chi connectivity index (χ0) is 12.0. The molecule has 0 aromatic heterocycles. The number of aryl methyl sites for hydroxylation is 2. The first kappa shape index (κ1) is 11.2. The van der Waals surface area contributed by atoms with Gasteiger partial charge in [0.1, 0.15) is 0 Å². The van der Waals surface area contributed by atoms with Crippen LogP contribution in [-0.4, -0.2) is 17.3 Å². The van der Waals surface area contributed by atoms with Crippen molar-refractivity contribution in [3.63, 3.8) is 0 Å². The van der Waals surface area contributed by atoms with E-state index in [-0.39, 0.29) is 12.2 Å². The van der Waals surface area contributed by atoms with Crippen molar-refractivity contribution < 1.29 is 9.84 Å². The minimum atomic E-state index is -0.666. The smallest absolute Gasteiger partial charge is 0.0948 e. The Hall–Kier alpha value is -0.860. The second kappa shape index (κ2) is 3.82. The predicted molar refractivity (Wildman–Crippen MR) is 66.9 cm³/mol. The first-order valence-electron chi connectivity index (χ1n) is 6.52. The topological polar surface area (TPSA) is 29.5 Å². The highest BCUT2D eigenvalue weighted by molar-refractivity contribution is 5.35. The number of hydrogen-bond acceptors (Lipinski definition) is 2. The summed E-state index contributed by atoms with van der Waals surface area (Å²) in [4.78, 5) is 0. The summed E-state index contributed by atoms with van der Waals surface area (Å²) in [6.07, 6.45) is 4.26. The second-order valence-corrected chi connectivity index (χ2v) is 5.72. The van der Waals surface area contributed by atoms with Crippen LogP contribution in [0.1, 0.15) is 42.4 Å². The lowest BCUT2D eigenvalue weighted by Gasteiger charge is -2.37. The Morgan fingerprint density at radius 2 is 1.82 bits per heavy atom. The minimum Gasteiger partial charge on any atom is -0.385 e. The van der Waals surface area contributed by atoms with Crippen molar-refractivity contribution in [2.24, 2.45) is 0 Å². The number of aliphatic hydroxyl groups is 1. The molecule has 2 unspecified atom stereocenters. The van der Waals surface area contributed by atoms with E-state index in [1.807, 2.05) is 0 Å². The van der Waals surface area contributed by atoms with E-state index in [1.54, 1.807) is 0 Å². The molecule has 1 N–H and O–H groups in total. The summed E-state index contributed by atoms with van der Waals surface area (Å²) in [6.45, 7) is 4.17. The highest BCUT2D eigenvalue weighted by atomic mass is 16.5. The number of benzene rings is 1. The summed E-state index contributed by atoms with van der Waals surface area (Å²) < 4.78 is 5.82. The third-order valence-corrected chi connectivity index (χ3v) is 4.22. The Labute approximate surface area is 103 Å². The molecule has 92 valence electrons. The van der Waals surface area contributed by atoms with Gasteiger partial charge in [0, 0.05) is 12.8 Å². The first-order valence-corrected chi connectivity index (χ1v) is 6.52. The molecule has 0 saturated carbocycles. The van der Waals surface area contributed by atoms with Gasteiger partial charge >= 0.3 is 0 Å². The molecule has 2 fully saturated rings. The third-order valence-electron chi connectivity index (χ3n) is 4.22. The van der Waals surface area contributed by atoms with Gasteiger partial charge in [0.15, 0.2) is 0 Å². The van der Waals surface area contributed by atoms with Crippen molar-refractivity contribution in [1.29, 1.82) is 0 Å². The number of hydrogen-bond donors (Lipinski definition) is 1. The molecule has 1 aromatic rings. The van der Waals surface area contributed by atoms with Crippen LogP contribution >= 0.6 is 0 Å². The summed E-state index contributed by atoms with van der Waals surface area (Å²) in [5.41, 5.74) is 2.86. The van der Waals surface area contributed by atoms with Crippen LogP contribution in [-0.2, 0) is 10.3 Å². The van der Waals surface area contributed by atoms with Gasteiger partial charge in [-0.15, -0.1) is 0 Å². The number of fused-ring (bicyclic) bond motifs is 2. The van der Waals surface area contributed by atoms with Gasteiger partial charge in [0.2, 0.25) is 0 Å². The van der Waals surface area contributed by atoms with Crippen LogP contribution in [0, 0.1) is 13.8 Å². The highest BCUT2D eigenvalue weighted by Gasteiger charge is 2.45. The Balaban J connectivity index is 1.99. The van der Waals surface area contributed by atoms with Crippen molar-refractivity contribution >= 4 is 0 Å². The van der Waals surface area contributed by atoms with Gasteiger partial charge in [-0.1, -0.05) is 23.8 Å². The average Bonchev–Trinajstić information content (AvgIpc) is 2.62. The van der Waals surface area contributed by atoms with Crippen molar-refractivity contribution in [3.05, 3.63) is 34.9 Å². The Morgan fingerprint density at radius 3 is 2.47 bits per heavy atom. The maximum absolute atomic E-state index is 10.9. The Morgan fingerprint density at radius 1 is 1.18 bits per heavy atom. The molecule has 0 aliphatic carbocycles. The van der Waals surface area contributed by atoms with E-state index in [0.29, 0.717) is 0 Å². The summed E-state index contributed by atoms with van der Waals surface area (Å²) in [6, 6.07) is 6.36. The maximum Gasteiger partial charge on any atom is 0.0948 e. The van der Waals surface area contributed by atoms with Gasteiger partial charge in [0.05, 0.1) is 17.8 Å². The normalized spacial score (nSPS) is 36.2. The molecule has 17 heavy (non-hydrogen) atoms. The lowest BCUT2D eigenvalue weighted by molar-refractivity contribution is -0.115. The Bertz CT molecular complexity index is 427. The molecule has 0 amide bonds. The lowest BCUT2D eigenvalue weighted by atomic mass is 9.81. The third kappa shape index (κ3) is 1.90. The van der Waals surface area contributed by atoms with Crippen molar-refractivity contribution in [2.75, 3.05) is 0 Å². The van der Waals surface area contributed by atoms with Crippen molar-refractivity contribution in [2.45, 2.75) is 57.3 Å². The molecular formula is C15H20O2. The molecule has 0 spiro atoms. The monoisotopic (exact) mass is 232 g/mol. The fraction of sp³-hybridized carbons (Fsp3) is 0.600. The van der Waals surface area contributed by atoms with Gasteiger partial charge in [-0.3, -0.25) is 0 Å². The van der Waals surface area contributed by atoms with Gasteiger partial charge in [-0.2, -0.15) is 0 Å². The molecule has 2 bridgehead atoms. The zero-order valence-electron chi connectivity index (χ0n) is 10.6. The largest absolute Gasteiger partial charge is 0.385 e. The van der Waals surface area contributed by atoms with E-state index in [2.05, 4.69) is 32.0 Å². The molecule has 2 aliphatic rings. The molecule has 2 atom stereocenters. The summed E-state index contributed by atoms with van der Waals surface area (Å²) in [5.74, 6) is 0. The molecule has 1 aromatic carbocycles. The first-order chi connectivity index (χ1) is 8.07. The SMILES string of the molecule is Cc1ccc(C)c(C2(O)CC3CCC(C2)O3)c1. The lowest BCUT2D eigenvalue weighted by Crippen LogP contribution is -2.39. The van der Waals surface area contributed by atoms with Crippen molar-refractivity contribution in [3.8, 4) is 0 Å². The van der Waals surface area contributed by atoms with Crippen molar-refractivity contribution in [1.82, 2.24) is 0 Å². The zero-order valence-corrected chi connectivity index (χ0v) is 10.6. The molecule has 2 heterocycles. The van der Waals surface area contributed by atoms with E-state index in [0.717, 1.165) is 31.2 Å². The molecule has 0 radical (unpaired) electrons. The van der Waals surface area contributed by atoms with Crippen LogP contribution < -0.4 is 0 Å². The fourth-order valence-electron chi connectivity index (χ4n) is 3.37. The van der Waals surface area contributed by atoms with Crippen LogP contribution in [0.25, 0.3) is 0 Å². The Kier molecular flexibility index (Phi) is 2.53. The summed E-state index contributed by atoms with van der Waals surface area (Å²) in [7, 11) is 0. The molecule has 2 saturated heterocycles. The quantitative estimate of drug-likeness (QED) is 0.806. The van der Waals surface area contributed by atoms with Gasteiger partial charge < -0.3 is 9.84 Å². The van der Waals surface area contributed by atoms with Crippen LogP contribution in [0.5, 0.6) is 0 Å². The maximum atomic E-state index is 10.9. The molecule has 3 rings (SSSR count). The van der Waals surface area contributed by atoms with Gasteiger partial charge in [-0.05, 0) is 37.8 Å². The van der Waals surface area contributed by atoms with Crippen LogP contribution in [0.2, 0.25) is 0 Å². The summed E-state index contributed by atoms with van der Waals surface area (Å²) in [5, 5.41) is 10.9. The molecule has 2 aliphatic heterocycles. The predicted octanol–water partition coefficient (Wildman–Crippen LogP) is 2.83. The molecule has 2 nitrogen and oxygen atoms in total. The standard InChI is InChI=1S/C15H20O2/c1-10-3-4-11(2)14(7-10)15(16)8-12-5-6-13(9-15)17-12/h3-4,7,12-13,16H,5-6,8-9H2,1-2H3. The number of rotatable bonds is 1. The van der Waals surface area contributed by atoms with Crippen LogP contribution in [0.3, 0.4) is 0 Å². The molecular weight excluding hydrogens is 212 g/mol. The second-order valence-electron chi connectivity index (χ2n) is 5.72. The van der Waals surface area contributed by atoms with Crippen LogP contribution in [0.4, 0.5) is 0 Å². The van der Waals surface area contributed by atoms with Crippen LogP contribution in [0.15, 0.2) is 18.2 Å². The summed E-state index contributed by atoms with van der Waals surface area (Å²) >= 11 is 0.